The van der Waals surface area contributed by atoms with Crippen molar-refractivity contribution in [3.63, 3.8) is 0 Å². The number of anilines is 1. The smallest absolute Gasteiger partial charge is 0.132 e. The fourth-order valence-electron chi connectivity index (χ4n) is 1.38. The Morgan fingerprint density at radius 3 is 2.62 bits per heavy atom. The molecule has 3 heteroatoms. The van der Waals surface area contributed by atoms with E-state index in [0.29, 0.717) is 12.6 Å². The molecule has 0 aromatic heterocycles. The van der Waals surface area contributed by atoms with Crippen molar-refractivity contribution in [1.29, 1.82) is 5.41 Å². The Bertz CT molecular complexity index is 310. The highest BCUT2D eigenvalue weighted by atomic mass is 16.5. The second kappa shape index (κ2) is 3.18. The van der Waals surface area contributed by atoms with Crippen LogP contribution in [0.15, 0.2) is 30.3 Å². The largest absolute Gasteiger partial charge is 0.350 e. The number of para-hydroxylation sites is 1. The van der Waals surface area contributed by atoms with E-state index in [2.05, 4.69) is 0 Å². The zero-order valence-corrected chi connectivity index (χ0v) is 7.53. The van der Waals surface area contributed by atoms with Crippen molar-refractivity contribution in [2.24, 2.45) is 0 Å². The van der Waals surface area contributed by atoms with Gasteiger partial charge < -0.3 is 9.64 Å². The number of nitrogens with one attached hydrogen (secondary N) is 1. The van der Waals surface area contributed by atoms with Gasteiger partial charge in [-0.1, -0.05) is 18.2 Å². The van der Waals surface area contributed by atoms with Crippen LogP contribution in [-0.4, -0.2) is 18.7 Å². The monoisotopic (exact) mass is 176 g/mol. The first-order chi connectivity index (χ1) is 6.29. The van der Waals surface area contributed by atoms with Crippen LogP contribution in [0.2, 0.25) is 0 Å². The van der Waals surface area contributed by atoms with Crippen LogP contribution in [0, 0.1) is 5.41 Å². The summed E-state index contributed by atoms with van der Waals surface area (Å²) in [7, 11) is 0. The van der Waals surface area contributed by atoms with Gasteiger partial charge in [-0.2, -0.15) is 0 Å². The van der Waals surface area contributed by atoms with Gasteiger partial charge in [0.1, 0.15) is 18.7 Å². The molecule has 1 heterocycles. The van der Waals surface area contributed by atoms with Crippen LogP contribution >= 0.6 is 0 Å². The highest BCUT2D eigenvalue weighted by Gasteiger charge is 2.25. The third-order valence-corrected chi connectivity index (χ3v) is 2.20. The second-order valence-electron chi connectivity index (χ2n) is 3.09. The van der Waals surface area contributed by atoms with Gasteiger partial charge in [0.05, 0.1) is 0 Å². The molecule has 3 nitrogen and oxygen atoms in total. The molecule has 0 aliphatic carbocycles. The number of rotatable bonds is 1. The molecule has 1 aromatic carbocycles. The molecule has 0 spiro atoms. The topological polar surface area (TPSA) is 36.3 Å². The first kappa shape index (κ1) is 8.26. The quantitative estimate of drug-likeness (QED) is 0.708. The molecule has 1 saturated heterocycles. The summed E-state index contributed by atoms with van der Waals surface area (Å²) >= 11 is 0. The summed E-state index contributed by atoms with van der Waals surface area (Å²) in [6.45, 7) is 2.38. The minimum absolute atomic E-state index is 0.0831. The lowest BCUT2D eigenvalue weighted by atomic mass is 10.3. The van der Waals surface area contributed by atoms with E-state index < -0.39 is 0 Å². The van der Waals surface area contributed by atoms with Crippen LogP contribution in [0.25, 0.3) is 0 Å². The SMILES string of the molecule is CC1OCN(c2ccccc2)C1=N. The summed E-state index contributed by atoms with van der Waals surface area (Å²) in [5.41, 5.74) is 1.02. The van der Waals surface area contributed by atoms with Crippen molar-refractivity contribution >= 4 is 11.5 Å². The predicted octanol–water partition coefficient (Wildman–Crippen LogP) is 1.85. The summed E-state index contributed by atoms with van der Waals surface area (Å²) in [6, 6.07) is 9.86. The van der Waals surface area contributed by atoms with E-state index in [1.54, 1.807) is 0 Å². The molecule has 1 fully saturated rings. The molecular weight excluding hydrogens is 164 g/mol. The number of ether oxygens (including phenoxy) is 1. The maximum absolute atomic E-state index is 7.75. The summed E-state index contributed by atoms with van der Waals surface area (Å²) in [6.07, 6.45) is -0.0831. The van der Waals surface area contributed by atoms with Crippen molar-refractivity contribution in [3.05, 3.63) is 30.3 Å². The van der Waals surface area contributed by atoms with Crippen LogP contribution < -0.4 is 4.90 Å². The minimum atomic E-state index is -0.0831. The Morgan fingerprint density at radius 2 is 2.08 bits per heavy atom. The van der Waals surface area contributed by atoms with Crippen molar-refractivity contribution in [2.75, 3.05) is 11.6 Å². The lowest BCUT2D eigenvalue weighted by Gasteiger charge is -2.15. The van der Waals surface area contributed by atoms with E-state index in [9.17, 15) is 0 Å². The average Bonchev–Trinajstić information content (AvgIpc) is 2.49. The first-order valence-corrected chi connectivity index (χ1v) is 4.31. The lowest BCUT2D eigenvalue weighted by molar-refractivity contribution is 0.146. The summed E-state index contributed by atoms with van der Waals surface area (Å²) in [4.78, 5) is 1.87. The molecular formula is C10H12N2O. The molecule has 13 heavy (non-hydrogen) atoms. The molecule has 1 N–H and O–H groups in total. The Balaban J connectivity index is 2.24. The molecule has 1 unspecified atom stereocenters. The molecule has 1 aliphatic heterocycles. The maximum atomic E-state index is 7.75. The van der Waals surface area contributed by atoms with E-state index in [1.807, 2.05) is 42.2 Å². The fraction of sp³-hybridized carbons (Fsp3) is 0.300. The molecule has 1 aromatic rings. The van der Waals surface area contributed by atoms with Crippen LogP contribution in [0.1, 0.15) is 6.92 Å². The third-order valence-electron chi connectivity index (χ3n) is 2.20. The Labute approximate surface area is 77.4 Å². The Hall–Kier alpha value is -1.35. The first-order valence-electron chi connectivity index (χ1n) is 4.31. The van der Waals surface area contributed by atoms with Crippen LogP contribution in [0.5, 0.6) is 0 Å². The van der Waals surface area contributed by atoms with Crippen molar-refractivity contribution in [2.45, 2.75) is 13.0 Å². The summed E-state index contributed by atoms with van der Waals surface area (Å²) in [5.74, 6) is 0.534. The Kier molecular flexibility index (Phi) is 2.02. The lowest BCUT2D eigenvalue weighted by Crippen LogP contribution is -2.27. The second-order valence-corrected chi connectivity index (χ2v) is 3.09. The highest BCUT2D eigenvalue weighted by Crippen LogP contribution is 2.19. The number of amidine groups is 1. The van der Waals surface area contributed by atoms with Gasteiger partial charge in [-0.15, -0.1) is 0 Å². The van der Waals surface area contributed by atoms with Crippen molar-refractivity contribution in [1.82, 2.24) is 0 Å². The number of nitrogens with zero attached hydrogens (tertiary/aromatic N) is 1. The van der Waals surface area contributed by atoms with Gasteiger partial charge in [0.2, 0.25) is 0 Å². The molecule has 0 amide bonds. The van der Waals surface area contributed by atoms with Crippen LogP contribution in [-0.2, 0) is 4.74 Å². The zero-order chi connectivity index (χ0) is 9.26. The normalized spacial score (nSPS) is 22.4. The van der Waals surface area contributed by atoms with Gasteiger partial charge >= 0.3 is 0 Å². The summed E-state index contributed by atoms with van der Waals surface area (Å²) in [5, 5.41) is 7.75. The van der Waals surface area contributed by atoms with E-state index in [4.69, 9.17) is 10.1 Å². The number of benzene rings is 1. The van der Waals surface area contributed by atoms with Crippen molar-refractivity contribution < 1.29 is 4.74 Å². The molecule has 0 radical (unpaired) electrons. The van der Waals surface area contributed by atoms with Gasteiger partial charge in [-0.3, -0.25) is 5.41 Å². The number of hydrogen-bond acceptors (Lipinski definition) is 2. The molecule has 68 valence electrons. The summed E-state index contributed by atoms with van der Waals surface area (Å²) < 4.78 is 5.33. The molecule has 2 rings (SSSR count). The van der Waals surface area contributed by atoms with E-state index in [0.717, 1.165) is 5.69 Å². The predicted molar refractivity (Wildman–Crippen MR) is 52.1 cm³/mol. The highest BCUT2D eigenvalue weighted by molar-refractivity contribution is 5.99. The van der Waals surface area contributed by atoms with Gasteiger partial charge in [0.25, 0.3) is 0 Å². The molecule has 1 aliphatic rings. The van der Waals surface area contributed by atoms with E-state index in [1.165, 1.54) is 0 Å². The molecule has 0 bridgehead atoms. The van der Waals surface area contributed by atoms with Gasteiger partial charge in [-0.05, 0) is 19.1 Å². The minimum Gasteiger partial charge on any atom is -0.350 e. The van der Waals surface area contributed by atoms with Crippen LogP contribution in [0.3, 0.4) is 0 Å². The van der Waals surface area contributed by atoms with Gasteiger partial charge in [0.15, 0.2) is 0 Å². The van der Waals surface area contributed by atoms with E-state index in [-0.39, 0.29) is 6.10 Å². The van der Waals surface area contributed by atoms with Gasteiger partial charge in [-0.25, -0.2) is 0 Å². The third kappa shape index (κ3) is 1.42. The average molecular weight is 176 g/mol. The number of hydrogen-bond donors (Lipinski definition) is 1. The molecule has 1 atom stereocenters. The molecule has 0 saturated carbocycles. The maximum Gasteiger partial charge on any atom is 0.132 e. The standard InChI is InChI=1S/C10H12N2O/c1-8-10(11)12(7-13-8)9-5-3-2-4-6-9/h2-6,8,11H,7H2,1H3. The van der Waals surface area contributed by atoms with Crippen molar-refractivity contribution in [3.8, 4) is 0 Å². The fourth-order valence-corrected chi connectivity index (χ4v) is 1.38. The van der Waals surface area contributed by atoms with Crippen LogP contribution in [0.4, 0.5) is 5.69 Å². The van der Waals surface area contributed by atoms with Gasteiger partial charge in [0, 0.05) is 5.69 Å². The Morgan fingerprint density at radius 1 is 1.38 bits per heavy atom. The zero-order valence-electron chi connectivity index (χ0n) is 7.53. The van der Waals surface area contributed by atoms with E-state index >= 15 is 0 Å².